The van der Waals surface area contributed by atoms with Crippen molar-refractivity contribution in [1.29, 1.82) is 0 Å². The molecular formula is C20H24N2O2. The number of rotatable bonds is 6. The van der Waals surface area contributed by atoms with E-state index in [2.05, 4.69) is 34.2 Å². The maximum absolute atomic E-state index is 12.2. The van der Waals surface area contributed by atoms with Gasteiger partial charge in [0.25, 0.3) is 0 Å². The van der Waals surface area contributed by atoms with Gasteiger partial charge in [-0.05, 0) is 42.7 Å². The van der Waals surface area contributed by atoms with E-state index in [1.165, 1.54) is 12.8 Å². The van der Waals surface area contributed by atoms with E-state index >= 15 is 0 Å². The van der Waals surface area contributed by atoms with E-state index < -0.39 is 0 Å². The van der Waals surface area contributed by atoms with Crippen LogP contribution in [0.3, 0.4) is 0 Å². The molecule has 0 spiro atoms. The summed E-state index contributed by atoms with van der Waals surface area (Å²) in [6, 6.07) is 8.08. The summed E-state index contributed by atoms with van der Waals surface area (Å²) in [5.74, 6) is 3.07. The van der Waals surface area contributed by atoms with Gasteiger partial charge in [0.2, 0.25) is 5.91 Å². The summed E-state index contributed by atoms with van der Waals surface area (Å²) in [6.07, 6.45) is 9.73. The Bertz CT molecular complexity index is 777. The number of aryl methyl sites for hydroxylation is 1. The number of hydrogen-bond acceptors (Lipinski definition) is 2. The topological polar surface area (TPSA) is 43.3 Å². The number of para-hydroxylation sites is 1. The van der Waals surface area contributed by atoms with Gasteiger partial charge in [-0.15, -0.1) is 0 Å². The Morgan fingerprint density at radius 2 is 2.21 bits per heavy atom. The molecule has 1 aromatic heterocycles. The minimum atomic E-state index is 0.138. The van der Waals surface area contributed by atoms with Gasteiger partial charge in [0.05, 0.1) is 12.6 Å². The molecule has 3 atom stereocenters. The van der Waals surface area contributed by atoms with E-state index in [1.54, 1.807) is 7.11 Å². The highest BCUT2D eigenvalue weighted by Crippen LogP contribution is 2.42. The second-order valence-corrected chi connectivity index (χ2v) is 7.00. The predicted octanol–water partition coefficient (Wildman–Crippen LogP) is 3.37. The molecule has 1 saturated carbocycles. The van der Waals surface area contributed by atoms with Crippen LogP contribution in [-0.2, 0) is 11.3 Å². The quantitative estimate of drug-likeness (QED) is 0.828. The zero-order chi connectivity index (χ0) is 16.5. The fraction of sp³-hybridized carbons (Fsp3) is 0.450. The number of carbonyl (C=O) groups excluding carboxylic acids is 1. The summed E-state index contributed by atoms with van der Waals surface area (Å²) in [5, 5.41) is 4.27. The van der Waals surface area contributed by atoms with Crippen LogP contribution >= 0.6 is 0 Å². The SMILES string of the molecule is COc1cccc2ccn(CCC(=O)NC[C@H]3C[C@@H]4C=C[C@H]3C4)c12. The van der Waals surface area contributed by atoms with E-state index in [1.807, 2.05) is 18.3 Å². The highest BCUT2D eigenvalue weighted by molar-refractivity contribution is 5.86. The number of carbonyl (C=O) groups is 1. The molecule has 4 nitrogen and oxygen atoms in total. The van der Waals surface area contributed by atoms with E-state index in [0.717, 1.165) is 29.1 Å². The van der Waals surface area contributed by atoms with E-state index in [9.17, 15) is 4.79 Å². The van der Waals surface area contributed by atoms with Crippen LogP contribution in [-0.4, -0.2) is 24.1 Å². The third kappa shape index (κ3) is 2.81. The summed E-state index contributed by atoms with van der Waals surface area (Å²) < 4.78 is 7.55. The smallest absolute Gasteiger partial charge is 0.221 e. The van der Waals surface area contributed by atoms with Crippen molar-refractivity contribution in [1.82, 2.24) is 9.88 Å². The number of aromatic nitrogens is 1. The molecule has 4 heteroatoms. The Kier molecular flexibility index (Phi) is 4.05. The average Bonchev–Trinajstić information content (AvgIpc) is 3.32. The second-order valence-electron chi connectivity index (χ2n) is 7.00. The molecule has 1 N–H and O–H groups in total. The van der Waals surface area contributed by atoms with Crippen LogP contribution in [0.15, 0.2) is 42.6 Å². The van der Waals surface area contributed by atoms with Crippen molar-refractivity contribution in [3.05, 3.63) is 42.6 Å². The standard InChI is InChI=1S/C20H24N2O2/c1-24-18-4-2-3-15-7-9-22(20(15)18)10-8-19(23)21-13-17-12-14-5-6-16(17)11-14/h2-7,9,14,16-17H,8,10-13H2,1H3,(H,21,23)/t14-,16+,17-/m1/s1. The number of methoxy groups -OCH3 is 1. The van der Waals surface area contributed by atoms with Crippen molar-refractivity contribution >= 4 is 16.8 Å². The summed E-state index contributed by atoms with van der Waals surface area (Å²) in [5.41, 5.74) is 1.06. The Balaban J connectivity index is 1.33. The fourth-order valence-corrected chi connectivity index (χ4v) is 4.26. The first-order valence-electron chi connectivity index (χ1n) is 8.81. The van der Waals surface area contributed by atoms with Crippen LogP contribution in [0.25, 0.3) is 10.9 Å². The number of nitrogens with zero attached hydrogens (tertiary/aromatic N) is 1. The Morgan fingerprint density at radius 3 is 2.96 bits per heavy atom. The van der Waals surface area contributed by atoms with Gasteiger partial charge in [0.15, 0.2) is 0 Å². The molecule has 2 aliphatic rings. The van der Waals surface area contributed by atoms with Crippen LogP contribution in [0.1, 0.15) is 19.3 Å². The van der Waals surface area contributed by atoms with Gasteiger partial charge in [-0.1, -0.05) is 24.3 Å². The Labute approximate surface area is 142 Å². The largest absolute Gasteiger partial charge is 0.495 e. The molecule has 2 aromatic rings. The van der Waals surface area contributed by atoms with E-state index in [-0.39, 0.29) is 5.91 Å². The summed E-state index contributed by atoms with van der Waals surface area (Å²) in [6.45, 7) is 1.49. The zero-order valence-electron chi connectivity index (χ0n) is 14.1. The molecular weight excluding hydrogens is 300 g/mol. The lowest BCUT2D eigenvalue weighted by molar-refractivity contribution is -0.121. The summed E-state index contributed by atoms with van der Waals surface area (Å²) >= 11 is 0. The minimum absolute atomic E-state index is 0.138. The van der Waals surface area contributed by atoms with Gasteiger partial charge in [-0.3, -0.25) is 4.79 Å². The van der Waals surface area contributed by atoms with Gasteiger partial charge < -0.3 is 14.6 Å². The van der Waals surface area contributed by atoms with Crippen LogP contribution in [0.4, 0.5) is 0 Å². The molecule has 1 fully saturated rings. The van der Waals surface area contributed by atoms with Crippen molar-refractivity contribution in [2.75, 3.05) is 13.7 Å². The molecule has 0 radical (unpaired) electrons. The first-order chi connectivity index (χ1) is 11.7. The van der Waals surface area contributed by atoms with Gasteiger partial charge in [-0.25, -0.2) is 0 Å². The van der Waals surface area contributed by atoms with Gasteiger partial charge in [0, 0.05) is 31.1 Å². The van der Waals surface area contributed by atoms with Crippen LogP contribution < -0.4 is 10.1 Å². The first kappa shape index (κ1) is 15.3. The molecule has 0 saturated heterocycles. The fourth-order valence-electron chi connectivity index (χ4n) is 4.26. The van der Waals surface area contributed by atoms with Gasteiger partial charge in [-0.2, -0.15) is 0 Å². The number of benzene rings is 1. The second kappa shape index (κ2) is 6.34. The zero-order valence-corrected chi connectivity index (χ0v) is 14.1. The molecule has 1 aromatic carbocycles. The molecule has 2 bridgehead atoms. The molecule has 2 aliphatic carbocycles. The molecule has 0 aliphatic heterocycles. The van der Waals surface area contributed by atoms with Crippen molar-refractivity contribution < 1.29 is 9.53 Å². The first-order valence-corrected chi connectivity index (χ1v) is 8.81. The number of hydrogen-bond donors (Lipinski definition) is 1. The van der Waals surface area contributed by atoms with E-state index in [0.29, 0.717) is 24.8 Å². The maximum atomic E-state index is 12.2. The van der Waals surface area contributed by atoms with Gasteiger partial charge >= 0.3 is 0 Å². The monoisotopic (exact) mass is 324 g/mol. The van der Waals surface area contributed by atoms with Crippen molar-refractivity contribution in [3.63, 3.8) is 0 Å². The summed E-state index contributed by atoms with van der Waals surface area (Å²) in [4.78, 5) is 12.2. The molecule has 4 rings (SSSR count). The highest BCUT2D eigenvalue weighted by Gasteiger charge is 2.35. The number of allylic oxidation sites excluding steroid dienone is 2. The molecule has 0 unspecified atom stereocenters. The number of fused-ring (bicyclic) bond motifs is 3. The summed E-state index contributed by atoms with van der Waals surface area (Å²) in [7, 11) is 1.68. The lowest BCUT2D eigenvalue weighted by atomic mass is 9.93. The van der Waals surface area contributed by atoms with E-state index in [4.69, 9.17) is 4.74 Å². The number of nitrogens with one attached hydrogen (secondary N) is 1. The van der Waals surface area contributed by atoms with Crippen LogP contribution in [0, 0.1) is 17.8 Å². The highest BCUT2D eigenvalue weighted by atomic mass is 16.5. The van der Waals surface area contributed by atoms with Crippen LogP contribution in [0.5, 0.6) is 5.75 Å². The van der Waals surface area contributed by atoms with Crippen molar-refractivity contribution in [3.8, 4) is 5.75 Å². The lowest BCUT2D eigenvalue weighted by Gasteiger charge is -2.18. The normalized spacial score (nSPS) is 24.6. The van der Waals surface area contributed by atoms with Crippen LogP contribution in [0.2, 0.25) is 0 Å². The average molecular weight is 324 g/mol. The Hall–Kier alpha value is -2.23. The Morgan fingerprint density at radius 1 is 1.29 bits per heavy atom. The maximum Gasteiger partial charge on any atom is 0.221 e. The molecule has 126 valence electrons. The molecule has 1 heterocycles. The minimum Gasteiger partial charge on any atom is -0.495 e. The third-order valence-corrected chi connectivity index (χ3v) is 5.53. The van der Waals surface area contributed by atoms with Crippen molar-refractivity contribution in [2.24, 2.45) is 17.8 Å². The molecule has 1 amide bonds. The predicted molar refractivity (Wildman–Crippen MR) is 95.0 cm³/mol. The third-order valence-electron chi connectivity index (χ3n) is 5.53. The number of ether oxygens (including phenoxy) is 1. The lowest BCUT2D eigenvalue weighted by Crippen LogP contribution is -2.31. The molecule has 24 heavy (non-hydrogen) atoms. The van der Waals surface area contributed by atoms with Crippen molar-refractivity contribution in [2.45, 2.75) is 25.8 Å². The number of amides is 1. The van der Waals surface area contributed by atoms with Gasteiger partial charge in [0.1, 0.15) is 5.75 Å².